The summed E-state index contributed by atoms with van der Waals surface area (Å²) < 4.78 is 0. The number of aromatic nitrogens is 1. The highest BCUT2D eigenvalue weighted by Gasteiger charge is 2.21. The number of nitrogens with zero attached hydrogens (tertiary/aromatic N) is 2. The van der Waals surface area contributed by atoms with Gasteiger partial charge in [-0.05, 0) is 38.3 Å². The predicted molar refractivity (Wildman–Crippen MR) is 83.6 cm³/mol. The molecule has 0 aromatic carbocycles. The van der Waals surface area contributed by atoms with Crippen LogP contribution in [0.4, 0.5) is 5.69 Å². The van der Waals surface area contributed by atoms with Crippen molar-refractivity contribution in [3.05, 3.63) is 24.0 Å². The van der Waals surface area contributed by atoms with Crippen molar-refractivity contribution in [1.29, 1.82) is 0 Å². The van der Waals surface area contributed by atoms with E-state index in [1.54, 1.807) is 12.3 Å². The smallest absolute Gasteiger partial charge is 0.244 e. The van der Waals surface area contributed by atoms with Crippen molar-refractivity contribution in [3.8, 4) is 0 Å². The van der Waals surface area contributed by atoms with E-state index in [-0.39, 0.29) is 16.9 Å². The molecular formula is C14H20N4OS. The second kappa shape index (κ2) is 6.65. The Bertz CT molecular complexity index is 500. The van der Waals surface area contributed by atoms with E-state index in [0.29, 0.717) is 5.69 Å². The maximum absolute atomic E-state index is 12.3. The van der Waals surface area contributed by atoms with Crippen LogP contribution in [-0.2, 0) is 4.79 Å². The molecule has 1 amide bonds. The van der Waals surface area contributed by atoms with Gasteiger partial charge in [0.1, 0.15) is 11.0 Å². The minimum absolute atomic E-state index is 0.137. The van der Waals surface area contributed by atoms with Gasteiger partial charge < -0.3 is 16.0 Å². The molecule has 1 aliphatic rings. The van der Waals surface area contributed by atoms with E-state index in [1.807, 2.05) is 17.9 Å². The van der Waals surface area contributed by atoms with E-state index >= 15 is 0 Å². The van der Waals surface area contributed by atoms with Gasteiger partial charge in [0.05, 0.1) is 5.69 Å². The number of hydrogen-bond acceptors (Lipinski definition) is 4. The number of nitrogens with one attached hydrogen (secondary N) is 1. The van der Waals surface area contributed by atoms with Gasteiger partial charge in [-0.15, -0.1) is 0 Å². The summed E-state index contributed by atoms with van der Waals surface area (Å²) in [5.74, 6) is 0.137. The highest BCUT2D eigenvalue weighted by molar-refractivity contribution is 7.80. The quantitative estimate of drug-likeness (QED) is 0.824. The molecule has 3 N–H and O–H groups in total. The molecular weight excluding hydrogens is 272 g/mol. The number of carbonyl (C=O) groups is 1. The molecule has 1 fully saturated rings. The lowest BCUT2D eigenvalue weighted by Crippen LogP contribution is -2.43. The number of carbonyl (C=O) groups excluding carboxylic acids is 1. The molecule has 0 spiro atoms. The fourth-order valence-electron chi connectivity index (χ4n) is 2.35. The number of likely N-dealkylation sites (tertiary alicyclic amines) is 1. The first-order valence-electron chi connectivity index (χ1n) is 6.89. The van der Waals surface area contributed by atoms with Gasteiger partial charge in [-0.3, -0.25) is 9.78 Å². The molecule has 0 bridgehead atoms. The van der Waals surface area contributed by atoms with Crippen LogP contribution in [0.15, 0.2) is 18.3 Å². The Balaban J connectivity index is 1.99. The van der Waals surface area contributed by atoms with E-state index in [2.05, 4.69) is 10.3 Å². The van der Waals surface area contributed by atoms with Crippen LogP contribution in [0, 0.1) is 0 Å². The van der Waals surface area contributed by atoms with Gasteiger partial charge in [-0.1, -0.05) is 12.2 Å². The molecule has 0 radical (unpaired) electrons. The monoisotopic (exact) mass is 292 g/mol. The Morgan fingerprint density at radius 3 is 2.80 bits per heavy atom. The summed E-state index contributed by atoms with van der Waals surface area (Å²) >= 11 is 4.90. The number of amides is 1. The molecule has 6 heteroatoms. The van der Waals surface area contributed by atoms with Crippen molar-refractivity contribution < 1.29 is 4.79 Å². The molecule has 1 aromatic heterocycles. The number of nitrogens with two attached hydrogens (primary N) is 1. The minimum atomic E-state index is -0.269. The van der Waals surface area contributed by atoms with Gasteiger partial charge in [0.15, 0.2) is 0 Å². The molecule has 2 heterocycles. The van der Waals surface area contributed by atoms with E-state index in [9.17, 15) is 4.79 Å². The number of rotatable bonds is 4. The molecule has 1 unspecified atom stereocenters. The predicted octanol–water partition coefficient (Wildman–Crippen LogP) is 1.53. The molecule has 0 aliphatic carbocycles. The first-order chi connectivity index (χ1) is 9.58. The Morgan fingerprint density at radius 2 is 2.15 bits per heavy atom. The number of piperidine rings is 1. The SMILES string of the molecule is CC(Nc1ccnc(C(N)=S)c1)C(=O)N1CCCCC1. The normalized spacial score (nSPS) is 16.6. The van der Waals surface area contributed by atoms with Crippen LogP contribution in [0.2, 0.25) is 0 Å². The summed E-state index contributed by atoms with van der Waals surface area (Å²) in [5.41, 5.74) is 6.92. The summed E-state index contributed by atoms with van der Waals surface area (Å²) in [7, 11) is 0. The van der Waals surface area contributed by atoms with E-state index in [0.717, 1.165) is 31.6 Å². The summed E-state index contributed by atoms with van der Waals surface area (Å²) in [5, 5.41) is 3.19. The summed E-state index contributed by atoms with van der Waals surface area (Å²) in [6, 6.07) is 3.30. The Labute approximate surface area is 124 Å². The first-order valence-corrected chi connectivity index (χ1v) is 7.30. The second-order valence-electron chi connectivity index (χ2n) is 5.05. The van der Waals surface area contributed by atoms with Crippen LogP contribution in [0.5, 0.6) is 0 Å². The lowest BCUT2D eigenvalue weighted by Gasteiger charge is -2.29. The molecule has 0 saturated carbocycles. The summed E-state index contributed by atoms with van der Waals surface area (Å²) in [4.78, 5) is 18.6. The van der Waals surface area contributed by atoms with Crippen LogP contribution >= 0.6 is 12.2 Å². The Kier molecular flexibility index (Phi) is 4.89. The van der Waals surface area contributed by atoms with Crippen LogP contribution in [0.3, 0.4) is 0 Å². The molecule has 108 valence electrons. The fourth-order valence-corrected chi connectivity index (χ4v) is 2.47. The van der Waals surface area contributed by atoms with E-state index < -0.39 is 0 Å². The summed E-state index contributed by atoms with van der Waals surface area (Å²) in [6.45, 7) is 3.59. The average Bonchev–Trinajstić information content (AvgIpc) is 2.47. The molecule has 1 atom stereocenters. The number of anilines is 1. The largest absolute Gasteiger partial charge is 0.388 e. The van der Waals surface area contributed by atoms with Crippen molar-refractivity contribution in [2.45, 2.75) is 32.2 Å². The van der Waals surface area contributed by atoms with Crippen LogP contribution < -0.4 is 11.1 Å². The third-order valence-electron chi connectivity index (χ3n) is 3.43. The van der Waals surface area contributed by atoms with Gasteiger partial charge in [-0.2, -0.15) is 0 Å². The zero-order valence-electron chi connectivity index (χ0n) is 11.6. The van der Waals surface area contributed by atoms with E-state index in [4.69, 9.17) is 18.0 Å². The van der Waals surface area contributed by atoms with Crippen molar-refractivity contribution >= 4 is 28.8 Å². The van der Waals surface area contributed by atoms with Crippen LogP contribution in [0.25, 0.3) is 0 Å². The number of thiocarbonyl (C=S) groups is 1. The first kappa shape index (κ1) is 14.7. The maximum atomic E-state index is 12.3. The standard InChI is InChI=1S/C14H20N4OS/c1-10(14(19)18-7-3-2-4-8-18)17-11-5-6-16-12(9-11)13(15)20/h5-6,9-10H,2-4,7-8H2,1H3,(H2,15,20)(H,16,17). The molecule has 5 nitrogen and oxygen atoms in total. The van der Waals surface area contributed by atoms with Gasteiger partial charge in [0, 0.05) is 25.0 Å². The zero-order chi connectivity index (χ0) is 14.5. The van der Waals surface area contributed by atoms with Crippen molar-refractivity contribution in [1.82, 2.24) is 9.88 Å². The van der Waals surface area contributed by atoms with Crippen LogP contribution in [0.1, 0.15) is 31.9 Å². The molecule has 20 heavy (non-hydrogen) atoms. The molecule has 1 saturated heterocycles. The second-order valence-corrected chi connectivity index (χ2v) is 5.49. The maximum Gasteiger partial charge on any atom is 0.244 e. The lowest BCUT2D eigenvalue weighted by molar-refractivity contribution is -0.132. The van der Waals surface area contributed by atoms with Gasteiger partial charge in [-0.25, -0.2) is 0 Å². The van der Waals surface area contributed by atoms with Crippen molar-refractivity contribution in [2.24, 2.45) is 5.73 Å². The van der Waals surface area contributed by atoms with Crippen molar-refractivity contribution in [3.63, 3.8) is 0 Å². The summed E-state index contributed by atoms with van der Waals surface area (Å²) in [6.07, 6.45) is 5.04. The van der Waals surface area contributed by atoms with E-state index in [1.165, 1.54) is 6.42 Å². The van der Waals surface area contributed by atoms with Gasteiger partial charge in [0.2, 0.25) is 5.91 Å². The lowest BCUT2D eigenvalue weighted by atomic mass is 10.1. The Hall–Kier alpha value is -1.69. The van der Waals surface area contributed by atoms with Crippen molar-refractivity contribution in [2.75, 3.05) is 18.4 Å². The number of hydrogen-bond donors (Lipinski definition) is 2. The molecule has 1 aromatic rings. The highest BCUT2D eigenvalue weighted by Crippen LogP contribution is 2.13. The topological polar surface area (TPSA) is 71.2 Å². The third kappa shape index (κ3) is 3.66. The minimum Gasteiger partial charge on any atom is -0.388 e. The zero-order valence-corrected chi connectivity index (χ0v) is 12.4. The van der Waals surface area contributed by atoms with Gasteiger partial charge in [0.25, 0.3) is 0 Å². The molecule has 2 rings (SSSR count). The Morgan fingerprint density at radius 1 is 1.45 bits per heavy atom. The third-order valence-corrected chi connectivity index (χ3v) is 3.64. The number of pyridine rings is 1. The average molecular weight is 292 g/mol. The molecule has 1 aliphatic heterocycles. The fraction of sp³-hybridized carbons (Fsp3) is 0.500. The highest BCUT2D eigenvalue weighted by atomic mass is 32.1. The van der Waals surface area contributed by atoms with Gasteiger partial charge >= 0.3 is 0 Å². The van der Waals surface area contributed by atoms with Crippen LogP contribution in [-0.4, -0.2) is 39.9 Å².